The molecule has 0 aromatic carbocycles. The molecule has 8 heavy (non-hydrogen) atoms. The smallest absolute Gasteiger partial charge is 0.0961 e. The zero-order valence-corrected chi connectivity index (χ0v) is 4.73. The summed E-state index contributed by atoms with van der Waals surface area (Å²) in [6.45, 7) is 0. The Balaban J connectivity index is 2.42. The first-order valence-corrected chi connectivity index (χ1v) is 2.89. The average Bonchev–Trinajstić information content (AvgIpc) is 1.77. The van der Waals surface area contributed by atoms with Crippen LogP contribution in [0.25, 0.3) is 0 Å². The van der Waals surface area contributed by atoms with Gasteiger partial charge in [0.25, 0.3) is 0 Å². The minimum absolute atomic E-state index is 0.00620. The van der Waals surface area contributed by atoms with E-state index in [-0.39, 0.29) is 11.9 Å². The van der Waals surface area contributed by atoms with E-state index in [1.807, 2.05) is 0 Å². The molecule has 0 spiro atoms. The van der Waals surface area contributed by atoms with E-state index in [0.717, 1.165) is 6.42 Å². The normalized spacial score (nSPS) is 29.8. The number of nitrogens with two attached hydrogens (primary N) is 1. The van der Waals surface area contributed by atoms with Crippen LogP contribution in [0.4, 0.5) is 4.39 Å². The molecule has 0 aliphatic heterocycles. The average molecular weight is 115 g/mol. The Morgan fingerprint density at radius 2 is 2.50 bits per heavy atom. The van der Waals surface area contributed by atoms with Gasteiger partial charge in [-0.2, -0.15) is 0 Å². The Morgan fingerprint density at radius 1 is 1.75 bits per heavy atom. The highest BCUT2D eigenvalue weighted by molar-refractivity contribution is 4.98. The highest BCUT2D eigenvalue weighted by Gasteiger charge is 2.08. The number of hydrogen-bond acceptors (Lipinski definition) is 1. The van der Waals surface area contributed by atoms with Crippen LogP contribution in [0.15, 0.2) is 11.9 Å². The maximum Gasteiger partial charge on any atom is 0.0961 e. The van der Waals surface area contributed by atoms with E-state index in [2.05, 4.69) is 0 Å². The van der Waals surface area contributed by atoms with E-state index in [1.54, 1.807) is 6.08 Å². The van der Waals surface area contributed by atoms with Crippen molar-refractivity contribution in [2.24, 2.45) is 5.73 Å². The van der Waals surface area contributed by atoms with Crippen LogP contribution in [0.3, 0.4) is 0 Å². The third kappa shape index (κ3) is 1.30. The van der Waals surface area contributed by atoms with Gasteiger partial charge < -0.3 is 5.73 Å². The van der Waals surface area contributed by atoms with Crippen LogP contribution in [0.5, 0.6) is 0 Å². The topological polar surface area (TPSA) is 26.0 Å². The predicted octanol–water partition coefficient (Wildman–Crippen LogP) is 1.35. The maximum absolute atomic E-state index is 12.2. The van der Waals surface area contributed by atoms with E-state index in [0.29, 0.717) is 12.8 Å². The Hall–Kier alpha value is -0.370. The number of hydrogen-bond donors (Lipinski definition) is 1. The summed E-state index contributed by atoms with van der Waals surface area (Å²) in [6, 6.07) is 0.203. The predicted molar refractivity (Wildman–Crippen MR) is 31.0 cm³/mol. The van der Waals surface area contributed by atoms with Gasteiger partial charge in [0.15, 0.2) is 0 Å². The van der Waals surface area contributed by atoms with Gasteiger partial charge in [-0.25, -0.2) is 4.39 Å². The maximum atomic E-state index is 12.2. The van der Waals surface area contributed by atoms with E-state index in [1.165, 1.54) is 0 Å². The lowest BCUT2D eigenvalue weighted by Gasteiger charge is -2.12. The summed E-state index contributed by atoms with van der Waals surface area (Å²) < 4.78 is 12.2. The third-order valence-corrected chi connectivity index (χ3v) is 1.40. The molecule has 0 radical (unpaired) electrons. The van der Waals surface area contributed by atoms with Crippen molar-refractivity contribution >= 4 is 0 Å². The van der Waals surface area contributed by atoms with Gasteiger partial charge in [0.1, 0.15) is 0 Å². The van der Waals surface area contributed by atoms with Gasteiger partial charge in [-0.1, -0.05) is 6.08 Å². The zero-order valence-electron chi connectivity index (χ0n) is 4.73. The molecule has 2 N–H and O–H groups in total. The molecule has 2 heteroatoms. The summed E-state index contributed by atoms with van der Waals surface area (Å²) in [5.41, 5.74) is 5.49. The van der Waals surface area contributed by atoms with Gasteiger partial charge >= 0.3 is 0 Å². The molecular weight excluding hydrogens is 105 g/mol. The second-order valence-electron chi connectivity index (χ2n) is 2.19. The summed E-state index contributed by atoms with van der Waals surface area (Å²) in [4.78, 5) is 0. The van der Waals surface area contributed by atoms with Gasteiger partial charge in [-0.05, 0) is 12.8 Å². The molecular formula is C6H10FN. The Kier molecular flexibility index (Phi) is 1.63. The lowest BCUT2D eigenvalue weighted by atomic mass is 10.0. The molecule has 1 rings (SSSR count). The van der Waals surface area contributed by atoms with Crippen LogP contribution in [-0.4, -0.2) is 6.04 Å². The van der Waals surface area contributed by atoms with Crippen molar-refractivity contribution in [1.29, 1.82) is 0 Å². The highest BCUT2D eigenvalue weighted by atomic mass is 19.1. The number of allylic oxidation sites excluding steroid dienone is 1. The second-order valence-corrected chi connectivity index (χ2v) is 2.19. The van der Waals surface area contributed by atoms with Crippen LogP contribution >= 0.6 is 0 Å². The van der Waals surface area contributed by atoms with E-state index < -0.39 is 0 Å². The van der Waals surface area contributed by atoms with Gasteiger partial charge in [-0.15, -0.1) is 0 Å². The Morgan fingerprint density at radius 3 is 2.88 bits per heavy atom. The summed E-state index contributed by atoms with van der Waals surface area (Å²) in [5, 5.41) is 0. The van der Waals surface area contributed by atoms with Crippen molar-refractivity contribution < 1.29 is 4.39 Å². The van der Waals surface area contributed by atoms with Gasteiger partial charge in [0.05, 0.1) is 5.83 Å². The first-order valence-electron chi connectivity index (χ1n) is 2.89. The summed E-state index contributed by atoms with van der Waals surface area (Å²) in [7, 11) is 0. The van der Waals surface area contributed by atoms with Crippen molar-refractivity contribution in [2.45, 2.75) is 25.3 Å². The van der Waals surface area contributed by atoms with Crippen molar-refractivity contribution in [3.8, 4) is 0 Å². The molecule has 0 saturated heterocycles. The molecule has 0 aromatic heterocycles. The molecule has 0 bridgehead atoms. The van der Waals surface area contributed by atoms with Crippen LogP contribution in [0.1, 0.15) is 19.3 Å². The molecule has 0 heterocycles. The fourth-order valence-corrected chi connectivity index (χ4v) is 0.822. The molecule has 0 aromatic rings. The number of rotatable bonds is 0. The first kappa shape index (κ1) is 5.76. The van der Waals surface area contributed by atoms with Crippen LogP contribution in [0, 0.1) is 0 Å². The molecule has 0 amide bonds. The summed E-state index contributed by atoms with van der Waals surface area (Å²) in [5.74, 6) is 0.00620. The minimum atomic E-state index is 0.00620. The van der Waals surface area contributed by atoms with E-state index in [4.69, 9.17) is 5.73 Å². The Bertz CT molecular complexity index is 109. The largest absolute Gasteiger partial charge is 0.327 e. The van der Waals surface area contributed by atoms with Crippen molar-refractivity contribution in [3.05, 3.63) is 11.9 Å². The molecule has 1 unspecified atom stereocenters. The van der Waals surface area contributed by atoms with Gasteiger partial charge in [0.2, 0.25) is 0 Å². The fraction of sp³-hybridized carbons (Fsp3) is 0.667. The monoisotopic (exact) mass is 115 g/mol. The van der Waals surface area contributed by atoms with E-state index in [9.17, 15) is 4.39 Å². The molecule has 46 valence electrons. The second kappa shape index (κ2) is 2.27. The van der Waals surface area contributed by atoms with Crippen molar-refractivity contribution in [2.75, 3.05) is 0 Å². The van der Waals surface area contributed by atoms with Crippen LogP contribution in [0.2, 0.25) is 0 Å². The SMILES string of the molecule is NC1CC=C(F)CC1. The summed E-state index contributed by atoms with van der Waals surface area (Å²) >= 11 is 0. The molecule has 1 nitrogen and oxygen atoms in total. The van der Waals surface area contributed by atoms with Crippen LogP contribution < -0.4 is 5.73 Å². The van der Waals surface area contributed by atoms with Gasteiger partial charge in [0, 0.05) is 12.5 Å². The summed E-state index contributed by atoms with van der Waals surface area (Å²) in [6.07, 6.45) is 3.64. The van der Waals surface area contributed by atoms with Gasteiger partial charge in [-0.3, -0.25) is 0 Å². The molecule has 1 aliphatic rings. The first-order chi connectivity index (χ1) is 3.79. The van der Waals surface area contributed by atoms with Crippen LogP contribution in [-0.2, 0) is 0 Å². The minimum Gasteiger partial charge on any atom is -0.327 e. The van der Waals surface area contributed by atoms with E-state index >= 15 is 0 Å². The lowest BCUT2D eigenvalue weighted by Crippen LogP contribution is -2.20. The molecule has 0 saturated carbocycles. The quantitative estimate of drug-likeness (QED) is 0.506. The molecule has 1 atom stereocenters. The Labute approximate surface area is 48.4 Å². The van der Waals surface area contributed by atoms with Crippen molar-refractivity contribution in [1.82, 2.24) is 0 Å². The molecule has 0 fully saturated rings. The lowest BCUT2D eigenvalue weighted by molar-refractivity contribution is 0.495. The standard InChI is InChI=1S/C6H10FN/c7-5-1-3-6(8)4-2-5/h1,6H,2-4,8H2. The zero-order chi connectivity index (χ0) is 5.98. The number of halogens is 1. The molecule has 1 aliphatic carbocycles. The third-order valence-electron chi connectivity index (χ3n) is 1.40. The fourth-order valence-electron chi connectivity index (χ4n) is 0.822. The highest BCUT2D eigenvalue weighted by Crippen LogP contribution is 2.16. The van der Waals surface area contributed by atoms with Crippen molar-refractivity contribution in [3.63, 3.8) is 0 Å².